The summed E-state index contributed by atoms with van der Waals surface area (Å²) < 4.78 is 0.870. The summed E-state index contributed by atoms with van der Waals surface area (Å²) in [7, 11) is 0. The summed E-state index contributed by atoms with van der Waals surface area (Å²) in [5.74, 6) is 1.26. The van der Waals surface area contributed by atoms with E-state index in [1.54, 1.807) is 11.3 Å². The lowest BCUT2D eigenvalue weighted by atomic mass is 10.2. The normalized spacial score (nSPS) is 11.3. The van der Waals surface area contributed by atoms with Gasteiger partial charge >= 0.3 is 0 Å². The summed E-state index contributed by atoms with van der Waals surface area (Å²) in [4.78, 5) is 24.4. The van der Waals surface area contributed by atoms with Crippen molar-refractivity contribution in [2.45, 2.75) is 25.8 Å². The molecular formula is C15H13BrN2OS3. The molecule has 0 bridgehead atoms. The first kappa shape index (κ1) is 16.1. The number of hydrogen-bond donors (Lipinski definition) is 0. The summed E-state index contributed by atoms with van der Waals surface area (Å²) >= 11 is 8.07. The van der Waals surface area contributed by atoms with Crippen LogP contribution in [0.4, 0.5) is 0 Å². The van der Waals surface area contributed by atoms with Gasteiger partial charge in [0.1, 0.15) is 15.7 Å². The first-order valence-electron chi connectivity index (χ1n) is 6.60. The lowest BCUT2D eigenvalue weighted by Gasteiger charge is -2.04. The summed E-state index contributed by atoms with van der Waals surface area (Å²) in [5, 5.41) is 3.92. The lowest BCUT2D eigenvalue weighted by Crippen LogP contribution is -2.01. The van der Waals surface area contributed by atoms with Crippen molar-refractivity contribution in [3.8, 4) is 0 Å². The van der Waals surface area contributed by atoms with E-state index >= 15 is 0 Å². The van der Waals surface area contributed by atoms with Gasteiger partial charge in [-0.05, 0) is 53.7 Å². The maximum Gasteiger partial charge on any atom is 0.184 e. The Morgan fingerprint density at radius 3 is 2.77 bits per heavy atom. The third-order valence-electron chi connectivity index (χ3n) is 3.32. The summed E-state index contributed by atoms with van der Waals surface area (Å²) in [6, 6.07) is 1.90. The monoisotopic (exact) mass is 412 g/mol. The van der Waals surface area contributed by atoms with Gasteiger partial charge in [-0.25, -0.2) is 9.97 Å². The van der Waals surface area contributed by atoms with Gasteiger partial charge in [0.2, 0.25) is 0 Å². The fourth-order valence-electron chi connectivity index (χ4n) is 2.11. The van der Waals surface area contributed by atoms with Crippen molar-refractivity contribution in [3.05, 3.63) is 37.1 Å². The van der Waals surface area contributed by atoms with Gasteiger partial charge in [0.25, 0.3) is 0 Å². The van der Waals surface area contributed by atoms with E-state index in [4.69, 9.17) is 0 Å². The zero-order valence-electron chi connectivity index (χ0n) is 12.3. The second-order valence-corrected chi connectivity index (χ2v) is 8.79. The van der Waals surface area contributed by atoms with Crippen LogP contribution in [0.2, 0.25) is 0 Å². The Labute approximate surface area is 149 Å². The average molecular weight is 413 g/mol. The lowest BCUT2D eigenvalue weighted by molar-refractivity contribution is 0.102. The van der Waals surface area contributed by atoms with E-state index in [1.165, 1.54) is 33.5 Å². The highest BCUT2D eigenvalue weighted by Crippen LogP contribution is 2.35. The molecule has 0 aromatic carbocycles. The van der Waals surface area contributed by atoms with Crippen molar-refractivity contribution in [2.24, 2.45) is 0 Å². The summed E-state index contributed by atoms with van der Waals surface area (Å²) in [6.07, 6.45) is 0. The number of ketones is 1. The van der Waals surface area contributed by atoms with Gasteiger partial charge in [0, 0.05) is 14.7 Å². The summed E-state index contributed by atoms with van der Waals surface area (Å²) in [6.45, 7) is 6.08. The molecule has 0 saturated heterocycles. The molecule has 0 radical (unpaired) electrons. The molecule has 3 nitrogen and oxygen atoms in total. The van der Waals surface area contributed by atoms with Crippen LogP contribution < -0.4 is 0 Å². The van der Waals surface area contributed by atoms with Crippen molar-refractivity contribution in [1.29, 1.82) is 0 Å². The zero-order chi connectivity index (χ0) is 15.9. The Morgan fingerprint density at radius 1 is 1.32 bits per heavy atom. The maximum atomic E-state index is 12.3. The van der Waals surface area contributed by atoms with Gasteiger partial charge in [-0.15, -0.1) is 22.7 Å². The van der Waals surface area contributed by atoms with Crippen molar-refractivity contribution in [3.63, 3.8) is 0 Å². The molecule has 0 aliphatic rings. The molecule has 22 heavy (non-hydrogen) atoms. The molecule has 0 N–H and O–H groups in total. The second kappa shape index (κ2) is 6.39. The minimum absolute atomic E-state index is 0.126. The Hall–Kier alpha value is -0.760. The van der Waals surface area contributed by atoms with E-state index in [0.29, 0.717) is 5.75 Å². The molecule has 0 spiro atoms. The maximum absolute atomic E-state index is 12.3. The topological polar surface area (TPSA) is 42.9 Å². The minimum Gasteiger partial charge on any atom is -0.292 e. The fourth-order valence-corrected chi connectivity index (χ4v) is 5.88. The number of Topliss-reactive ketones (excluding diaryl/α,β-unsaturated/α-hetero) is 1. The number of rotatable bonds is 4. The van der Waals surface area contributed by atoms with Crippen LogP contribution in [0.15, 0.2) is 20.9 Å². The molecule has 3 heterocycles. The average Bonchev–Trinajstić information content (AvgIpc) is 3.00. The predicted octanol–water partition coefficient (Wildman–Crippen LogP) is 5.42. The van der Waals surface area contributed by atoms with E-state index in [-0.39, 0.29) is 5.78 Å². The summed E-state index contributed by atoms with van der Waals surface area (Å²) in [5.41, 5.74) is 1.22. The van der Waals surface area contributed by atoms with Crippen LogP contribution in [-0.4, -0.2) is 21.5 Å². The number of halogens is 1. The van der Waals surface area contributed by atoms with E-state index in [9.17, 15) is 4.79 Å². The first-order chi connectivity index (χ1) is 10.5. The quantitative estimate of drug-likeness (QED) is 0.326. The van der Waals surface area contributed by atoms with Crippen LogP contribution in [0.3, 0.4) is 0 Å². The molecule has 0 fully saturated rings. The largest absolute Gasteiger partial charge is 0.292 e. The second-order valence-electron chi connectivity index (χ2n) is 4.85. The van der Waals surface area contributed by atoms with Crippen molar-refractivity contribution in [2.75, 3.05) is 5.75 Å². The predicted molar refractivity (Wildman–Crippen MR) is 98.7 cm³/mol. The number of thiophene rings is 2. The van der Waals surface area contributed by atoms with Gasteiger partial charge in [-0.3, -0.25) is 4.79 Å². The molecule has 3 aromatic rings. The number of aryl methyl sites for hydroxylation is 3. The number of hydrogen-bond acceptors (Lipinski definition) is 6. The highest BCUT2D eigenvalue weighted by Gasteiger charge is 2.17. The van der Waals surface area contributed by atoms with E-state index in [1.807, 2.05) is 18.4 Å². The SMILES string of the molecule is Cc1nc(SCC(=O)c2sccc2Br)c2c(C)c(C)sc2n1. The van der Waals surface area contributed by atoms with Gasteiger partial charge < -0.3 is 0 Å². The highest BCUT2D eigenvalue weighted by atomic mass is 79.9. The van der Waals surface area contributed by atoms with Gasteiger partial charge in [-0.2, -0.15) is 0 Å². The van der Waals surface area contributed by atoms with Crippen LogP contribution in [0.25, 0.3) is 10.2 Å². The van der Waals surface area contributed by atoms with E-state index in [2.05, 4.69) is 39.7 Å². The molecule has 0 saturated carbocycles. The van der Waals surface area contributed by atoms with Crippen molar-refractivity contribution < 1.29 is 4.79 Å². The van der Waals surface area contributed by atoms with Gasteiger partial charge in [-0.1, -0.05) is 11.8 Å². The Bertz CT molecular complexity index is 869. The number of carbonyl (C=O) groups excluding carboxylic acids is 1. The first-order valence-corrected chi connectivity index (χ1v) is 10.1. The number of aromatic nitrogens is 2. The third kappa shape index (κ3) is 2.99. The molecule has 0 unspecified atom stereocenters. The fraction of sp³-hybridized carbons (Fsp3) is 0.267. The molecular weight excluding hydrogens is 400 g/mol. The minimum atomic E-state index is 0.126. The molecule has 3 aromatic heterocycles. The van der Waals surface area contributed by atoms with E-state index in [0.717, 1.165) is 30.4 Å². The number of thioether (sulfide) groups is 1. The smallest absolute Gasteiger partial charge is 0.184 e. The molecule has 0 amide bonds. The van der Waals surface area contributed by atoms with Crippen LogP contribution in [0.1, 0.15) is 25.9 Å². The molecule has 3 rings (SSSR count). The molecule has 0 aliphatic heterocycles. The molecule has 0 aliphatic carbocycles. The number of carbonyl (C=O) groups is 1. The Morgan fingerprint density at radius 2 is 2.09 bits per heavy atom. The third-order valence-corrected chi connectivity index (χ3v) is 7.27. The van der Waals surface area contributed by atoms with Gasteiger partial charge in [0.05, 0.1) is 10.6 Å². The molecule has 0 atom stereocenters. The molecule has 114 valence electrons. The zero-order valence-corrected chi connectivity index (χ0v) is 16.3. The van der Waals surface area contributed by atoms with Crippen LogP contribution in [0, 0.1) is 20.8 Å². The van der Waals surface area contributed by atoms with Crippen LogP contribution in [0.5, 0.6) is 0 Å². The van der Waals surface area contributed by atoms with Crippen LogP contribution in [-0.2, 0) is 0 Å². The standard InChI is InChI=1S/C15H13BrN2OS3/c1-7-8(2)22-15-12(7)14(17-9(3)18-15)21-6-11(19)13-10(16)4-5-20-13/h4-5H,6H2,1-3H3. The highest BCUT2D eigenvalue weighted by molar-refractivity contribution is 9.10. The molecule has 7 heteroatoms. The number of fused-ring (bicyclic) bond motifs is 1. The Balaban J connectivity index is 1.91. The van der Waals surface area contributed by atoms with Crippen LogP contribution >= 0.6 is 50.4 Å². The van der Waals surface area contributed by atoms with E-state index < -0.39 is 0 Å². The Kier molecular flexibility index (Phi) is 4.68. The van der Waals surface area contributed by atoms with Crippen molar-refractivity contribution in [1.82, 2.24) is 9.97 Å². The van der Waals surface area contributed by atoms with Crippen molar-refractivity contribution >= 4 is 66.4 Å². The van der Waals surface area contributed by atoms with Gasteiger partial charge in [0.15, 0.2) is 5.78 Å². The number of nitrogens with zero attached hydrogens (tertiary/aromatic N) is 2.